The average Bonchev–Trinajstić information content (AvgIpc) is 2.44. The van der Waals surface area contributed by atoms with E-state index in [-0.39, 0.29) is 35.9 Å². The molecule has 6 heteroatoms. The first-order chi connectivity index (χ1) is 9.54. The number of carbonyl (C=O) groups excluding carboxylic acids is 2. The Labute approximate surface area is 130 Å². The zero-order chi connectivity index (χ0) is 14.7. The van der Waals surface area contributed by atoms with Gasteiger partial charge < -0.3 is 0 Å². The maximum absolute atomic E-state index is 12.4. The van der Waals surface area contributed by atoms with Crippen LogP contribution < -0.4 is 16.8 Å². The molecular weight excluding hydrogens is 290 g/mol. The Kier molecular flexibility index (Phi) is 6.23. The van der Waals surface area contributed by atoms with Gasteiger partial charge in [-0.3, -0.25) is 15.4 Å². The second kappa shape index (κ2) is 7.47. The summed E-state index contributed by atoms with van der Waals surface area (Å²) in [5, 5.41) is 0. The predicted octanol–water partition coefficient (Wildman–Crippen LogP) is 1.80. The molecule has 2 rings (SSSR count). The van der Waals surface area contributed by atoms with Gasteiger partial charge in [-0.15, -0.1) is 12.4 Å². The Morgan fingerprint density at radius 1 is 1.14 bits per heavy atom. The highest BCUT2D eigenvalue weighted by Crippen LogP contribution is 2.26. The van der Waals surface area contributed by atoms with Crippen molar-refractivity contribution in [3.63, 3.8) is 0 Å². The Morgan fingerprint density at radius 3 is 2.38 bits per heavy atom. The van der Waals surface area contributed by atoms with Gasteiger partial charge in [0.15, 0.2) is 11.6 Å². The van der Waals surface area contributed by atoms with Crippen LogP contribution in [0.3, 0.4) is 0 Å². The van der Waals surface area contributed by atoms with Crippen LogP contribution in [0.15, 0.2) is 35.9 Å². The van der Waals surface area contributed by atoms with Gasteiger partial charge in [0.25, 0.3) is 0 Å². The van der Waals surface area contributed by atoms with E-state index < -0.39 is 0 Å². The minimum absolute atomic E-state index is 0. The first-order valence-electron chi connectivity index (χ1n) is 6.64. The van der Waals surface area contributed by atoms with Crippen LogP contribution in [0.4, 0.5) is 0 Å². The van der Waals surface area contributed by atoms with Gasteiger partial charge in [0, 0.05) is 22.7 Å². The molecule has 1 aromatic rings. The van der Waals surface area contributed by atoms with E-state index in [1.54, 1.807) is 24.3 Å². The van der Waals surface area contributed by atoms with Crippen LogP contribution in [0.5, 0.6) is 0 Å². The molecule has 0 aliphatic heterocycles. The molecule has 0 bridgehead atoms. The molecule has 4 N–H and O–H groups in total. The third-order valence-electron chi connectivity index (χ3n) is 3.74. The van der Waals surface area contributed by atoms with Crippen LogP contribution in [-0.2, 0) is 0 Å². The van der Waals surface area contributed by atoms with Crippen LogP contribution in [0.1, 0.15) is 41.0 Å². The van der Waals surface area contributed by atoms with Crippen molar-refractivity contribution in [2.45, 2.75) is 26.3 Å². The van der Waals surface area contributed by atoms with E-state index in [0.29, 0.717) is 23.1 Å². The summed E-state index contributed by atoms with van der Waals surface area (Å²) >= 11 is 0. The van der Waals surface area contributed by atoms with Gasteiger partial charge >= 0.3 is 0 Å². The summed E-state index contributed by atoms with van der Waals surface area (Å²) in [6.45, 7) is 3.97. The number of allylic oxidation sites excluding steroid dienone is 2. The Balaban J connectivity index is 0.00000220. The number of carbonyl (C=O) groups is 2. The molecule has 0 aromatic heterocycles. The number of nitrogens with two attached hydrogens (primary N) is 1. The average molecular weight is 310 g/mol. The van der Waals surface area contributed by atoms with E-state index in [1.807, 2.05) is 13.8 Å². The standard InChI is InChI=1S/C15H19N3O2.ClH/c1-9(10(2)17-18-16)7-11-8-14(19)12-5-3-4-6-13(12)15(11)20;/h3-6,8-10,17-18H,7,16H2,1-2H3;1H. The van der Waals surface area contributed by atoms with Crippen molar-refractivity contribution in [3.05, 3.63) is 47.0 Å². The highest BCUT2D eigenvalue weighted by molar-refractivity contribution is 6.24. The van der Waals surface area contributed by atoms with Gasteiger partial charge in [0.05, 0.1) is 0 Å². The minimum Gasteiger partial charge on any atom is -0.289 e. The molecule has 0 heterocycles. The van der Waals surface area contributed by atoms with Gasteiger partial charge in [0.2, 0.25) is 0 Å². The molecule has 2 atom stereocenters. The number of hydrazine groups is 2. The molecule has 2 unspecified atom stereocenters. The summed E-state index contributed by atoms with van der Waals surface area (Å²) in [6.07, 6.45) is 2.00. The fourth-order valence-corrected chi connectivity index (χ4v) is 2.32. The Morgan fingerprint density at radius 2 is 1.76 bits per heavy atom. The smallest absolute Gasteiger partial charge is 0.189 e. The number of ketones is 2. The number of benzene rings is 1. The molecule has 0 spiro atoms. The van der Waals surface area contributed by atoms with Crippen molar-refractivity contribution in [1.29, 1.82) is 0 Å². The van der Waals surface area contributed by atoms with E-state index in [1.165, 1.54) is 6.08 Å². The summed E-state index contributed by atoms with van der Waals surface area (Å²) in [5.74, 6) is 5.23. The molecule has 1 aliphatic rings. The maximum atomic E-state index is 12.4. The van der Waals surface area contributed by atoms with Gasteiger partial charge in [-0.2, -0.15) is 5.53 Å². The third-order valence-corrected chi connectivity index (χ3v) is 3.74. The Bertz CT molecular complexity index is 572. The monoisotopic (exact) mass is 309 g/mol. The van der Waals surface area contributed by atoms with Crippen LogP contribution in [0.2, 0.25) is 0 Å². The molecule has 0 saturated carbocycles. The molecule has 1 aliphatic carbocycles. The number of nitrogens with one attached hydrogen (secondary N) is 2. The zero-order valence-electron chi connectivity index (χ0n) is 12.1. The quantitative estimate of drug-likeness (QED) is 0.570. The SMILES string of the molecule is CC(CC1=CC(=O)c2ccccc2C1=O)C(C)NNN.Cl. The van der Waals surface area contributed by atoms with Gasteiger partial charge in [-0.25, -0.2) is 5.43 Å². The van der Waals surface area contributed by atoms with Crippen molar-refractivity contribution in [2.24, 2.45) is 11.8 Å². The molecule has 5 nitrogen and oxygen atoms in total. The van der Waals surface area contributed by atoms with E-state index in [4.69, 9.17) is 5.84 Å². The number of rotatable bonds is 5. The fraction of sp³-hybridized carbons (Fsp3) is 0.333. The van der Waals surface area contributed by atoms with Crippen molar-refractivity contribution in [3.8, 4) is 0 Å². The molecule has 0 saturated heterocycles. The minimum atomic E-state index is -0.0973. The van der Waals surface area contributed by atoms with E-state index in [9.17, 15) is 9.59 Å². The number of hydrogen-bond acceptors (Lipinski definition) is 5. The van der Waals surface area contributed by atoms with E-state index in [0.717, 1.165) is 0 Å². The lowest BCUT2D eigenvalue weighted by atomic mass is 9.84. The second-order valence-electron chi connectivity index (χ2n) is 5.17. The van der Waals surface area contributed by atoms with Gasteiger partial charge in [-0.05, 0) is 25.3 Å². The number of fused-ring (bicyclic) bond motifs is 1. The van der Waals surface area contributed by atoms with E-state index >= 15 is 0 Å². The van der Waals surface area contributed by atoms with Crippen molar-refractivity contribution >= 4 is 24.0 Å². The fourth-order valence-electron chi connectivity index (χ4n) is 2.32. The highest BCUT2D eigenvalue weighted by Gasteiger charge is 2.26. The summed E-state index contributed by atoms with van der Waals surface area (Å²) < 4.78 is 0. The summed E-state index contributed by atoms with van der Waals surface area (Å²) in [4.78, 5) is 24.4. The summed E-state index contributed by atoms with van der Waals surface area (Å²) in [7, 11) is 0. The lowest BCUT2D eigenvalue weighted by Crippen LogP contribution is -2.46. The molecule has 0 fully saturated rings. The summed E-state index contributed by atoms with van der Waals surface area (Å²) in [5.41, 5.74) is 6.84. The first kappa shape index (κ1) is 17.5. The molecular formula is C15H20ClN3O2. The van der Waals surface area contributed by atoms with E-state index in [2.05, 4.69) is 11.0 Å². The molecule has 114 valence electrons. The highest BCUT2D eigenvalue weighted by atomic mass is 35.5. The van der Waals surface area contributed by atoms with Crippen molar-refractivity contribution < 1.29 is 9.59 Å². The number of hydrogen-bond donors (Lipinski definition) is 3. The van der Waals surface area contributed by atoms with Crippen LogP contribution in [0, 0.1) is 5.92 Å². The molecule has 21 heavy (non-hydrogen) atoms. The summed E-state index contributed by atoms with van der Waals surface area (Å²) in [6, 6.07) is 7.02. The van der Waals surface area contributed by atoms with Crippen LogP contribution in [0.25, 0.3) is 0 Å². The molecule has 1 aromatic carbocycles. The lowest BCUT2D eigenvalue weighted by Gasteiger charge is -2.23. The third kappa shape index (κ3) is 3.77. The van der Waals surface area contributed by atoms with Crippen LogP contribution in [-0.4, -0.2) is 17.6 Å². The number of halogens is 1. The van der Waals surface area contributed by atoms with Crippen LogP contribution >= 0.6 is 12.4 Å². The van der Waals surface area contributed by atoms with Crippen molar-refractivity contribution in [1.82, 2.24) is 11.0 Å². The molecule has 0 radical (unpaired) electrons. The molecule has 0 amide bonds. The van der Waals surface area contributed by atoms with Crippen molar-refractivity contribution in [2.75, 3.05) is 0 Å². The predicted molar refractivity (Wildman–Crippen MR) is 84.1 cm³/mol. The maximum Gasteiger partial charge on any atom is 0.189 e. The topological polar surface area (TPSA) is 84.2 Å². The number of Topliss-reactive ketones (excluding diaryl/α,β-unsaturated/α-hetero) is 1. The zero-order valence-corrected chi connectivity index (χ0v) is 12.9. The Hall–Kier alpha value is -1.53. The van der Waals surface area contributed by atoms with Gasteiger partial charge in [0.1, 0.15) is 0 Å². The largest absolute Gasteiger partial charge is 0.289 e. The van der Waals surface area contributed by atoms with Gasteiger partial charge in [-0.1, -0.05) is 31.2 Å². The second-order valence-corrected chi connectivity index (χ2v) is 5.17. The normalized spacial score (nSPS) is 16.6. The lowest BCUT2D eigenvalue weighted by molar-refractivity contribution is 0.0978. The first-order valence-corrected chi connectivity index (χ1v) is 6.64.